The van der Waals surface area contributed by atoms with Gasteiger partial charge in [0.1, 0.15) is 17.2 Å². The Labute approximate surface area is 204 Å². The average molecular weight is 476 g/mol. The predicted molar refractivity (Wildman–Crippen MR) is 132 cm³/mol. The SMILES string of the molecule is CCOc1cc(C(=O)NC2CCc3ccc(Oc4ccnc(C(=O)NC)c4)cc3C2)ccc1OC. The van der Waals surface area contributed by atoms with Gasteiger partial charge in [0.05, 0.1) is 13.7 Å². The molecule has 0 radical (unpaired) electrons. The number of nitrogens with zero attached hydrogens (tertiary/aromatic N) is 1. The van der Waals surface area contributed by atoms with Crippen molar-refractivity contribution in [3.8, 4) is 23.0 Å². The van der Waals surface area contributed by atoms with E-state index >= 15 is 0 Å². The van der Waals surface area contributed by atoms with Crippen LogP contribution in [0.25, 0.3) is 0 Å². The molecule has 1 aromatic heterocycles. The van der Waals surface area contributed by atoms with E-state index in [0.717, 1.165) is 18.4 Å². The van der Waals surface area contributed by atoms with E-state index in [1.165, 1.54) is 5.56 Å². The molecule has 8 heteroatoms. The van der Waals surface area contributed by atoms with Gasteiger partial charge in [0.2, 0.25) is 0 Å². The fourth-order valence-corrected chi connectivity index (χ4v) is 4.14. The summed E-state index contributed by atoms with van der Waals surface area (Å²) in [6.07, 6.45) is 3.96. The molecule has 0 spiro atoms. The minimum Gasteiger partial charge on any atom is -0.493 e. The predicted octanol–water partition coefficient (Wildman–Crippen LogP) is 3.93. The molecule has 3 aromatic rings. The van der Waals surface area contributed by atoms with Crippen LogP contribution in [0.2, 0.25) is 0 Å². The molecule has 1 unspecified atom stereocenters. The Bertz CT molecular complexity index is 1230. The van der Waals surface area contributed by atoms with Crippen LogP contribution in [0.4, 0.5) is 0 Å². The second-order valence-electron chi connectivity index (χ2n) is 8.20. The molecule has 0 fully saturated rings. The van der Waals surface area contributed by atoms with E-state index in [2.05, 4.69) is 21.7 Å². The van der Waals surface area contributed by atoms with E-state index in [1.54, 1.807) is 50.7 Å². The van der Waals surface area contributed by atoms with Crippen LogP contribution in [0.5, 0.6) is 23.0 Å². The summed E-state index contributed by atoms with van der Waals surface area (Å²) in [5, 5.41) is 5.71. The Morgan fingerprint density at radius 2 is 1.83 bits per heavy atom. The number of pyridine rings is 1. The number of aromatic nitrogens is 1. The van der Waals surface area contributed by atoms with Crippen LogP contribution in [-0.2, 0) is 12.8 Å². The van der Waals surface area contributed by atoms with Gasteiger partial charge in [-0.25, -0.2) is 0 Å². The Hall–Kier alpha value is -4.07. The van der Waals surface area contributed by atoms with Crippen LogP contribution in [0.15, 0.2) is 54.7 Å². The van der Waals surface area contributed by atoms with Gasteiger partial charge in [-0.3, -0.25) is 14.6 Å². The summed E-state index contributed by atoms with van der Waals surface area (Å²) in [6, 6.07) is 14.5. The van der Waals surface area contributed by atoms with Crippen LogP contribution in [0, 0.1) is 0 Å². The summed E-state index contributed by atoms with van der Waals surface area (Å²) >= 11 is 0. The summed E-state index contributed by atoms with van der Waals surface area (Å²) in [5.41, 5.74) is 3.19. The highest BCUT2D eigenvalue weighted by Crippen LogP contribution is 2.30. The van der Waals surface area contributed by atoms with Gasteiger partial charge >= 0.3 is 0 Å². The smallest absolute Gasteiger partial charge is 0.269 e. The quantitative estimate of drug-likeness (QED) is 0.512. The van der Waals surface area contributed by atoms with E-state index in [0.29, 0.717) is 41.6 Å². The molecule has 1 heterocycles. The number of rotatable bonds is 8. The number of amides is 2. The molecule has 1 aliphatic rings. The number of aryl methyl sites for hydroxylation is 1. The molecule has 2 N–H and O–H groups in total. The number of carbonyl (C=O) groups excluding carboxylic acids is 2. The van der Waals surface area contributed by atoms with Crippen molar-refractivity contribution in [2.75, 3.05) is 20.8 Å². The number of fused-ring (bicyclic) bond motifs is 1. The van der Waals surface area contributed by atoms with E-state index in [4.69, 9.17) is 14.2 Å². The number of methoxy groups -OCH3 is 1. The van der Waals surface area contributed by atoms with Gasteiger partial charge in [-0.2, -0.15) is 0 Å². The van der Waals surface area contributed by atoms with Gasteiger partial charge in [0.25, 0.3) is 11.8 Å². The zero-order valence-corrected chi connectivity index (χ0v) is 20.1. The maximum atomic E-state index is 12.9. The topological polar surface area (TPSA) is 98.8 Å². The van der Waals surface area contributed by atoms with Gasteiger partial charge in [0.15, 0.2) is 11.5 Å². The van der Waals surface area contributed by atoms with Gasteiger partial charge in [-0.05, 0) is 73.7 Å². The minimum absolute atomic E-state index is 0.00340. The van der Waals surface area contributed by atoms with E-state index in [9.17, 15) is 9.59 Å². The number of benzene rings is 2. The number of nitrogens with one attached hydrogen (secondary N) is 2. The molecule has 1 atom stereocenters. The molecule has 35 heavy (non-hydrogen) atoms. The third-order valence-electron chi connectivity index (χ3n) is 5.89. The third kappa shape index (κ3) is 5.71. The summed E-state index contributed by atoms with van der Waals surface area (Å²) in [7, 11) is 3.13. The molecule has 182 valence electrons. The first-order valence-corrected chi connectivity index (χ1v) is 11.6. The fourth-order valence-electron chi connectivity index (χ4n) is 4.14. The Morgan fingerprint density at radius 3 is 2.60 bits per heavy atom. The van der Waals surface area contributed by atoms with Gasteiger partial charge < -0.3 is 24.8 Å². The normalized spacial score (nSPS) is 14.4. The van der Waals surface area contributed by atoms with Crippen LogP contribution >= 0.6 is 0 Å². The average Bonchev–Trinajstić information content (AvgIpc) is 2.88. The zero-order chi connectivity index (χ0) is 24.8. The molecule has 0 saturated heterocycles. The number of hydrogen-bond donors (Lipinski definition) is 2. The number of carbonyl (C=O) groups is 2. The molecular weight excluding hydrogens is 446 g/mol. The zero-order valence-electron chi connectivity index (χ0n) is 20.1. The molecule has 0 bridgehead atoms. The highest BCUT2D eigenvalue weighted by Gasteiger charge is 2.22. The lowest BCUT2D eigenvalue weighted by Gasteiger charge is -2.26. The van der Waals surface area contributed by atoms with Crippen molar-refractivity contribution in [2.45, 2.75) is 32.2 Å². The molecule has 1 aliphatic carbocycles. The van der Waals surface area contributed by atoms with E-state index in [-0.39, 0.29) is 23.6 Å². The standard InChI is InChI=1S/C27H29N3O5/c1-4-34-25-15-18(7-10-24(25)33-3)26(31)30-20-8-5-17-6-9-21(14-19(17)13-20)35-22-11-12-29-23(16-22)27(32)28-2/h6-7,9-12,14-16,20H,4-5,8,13H2,1-3H3,(H,28,32)(H,30,31). The number of ether oxygens (including phenoxy) is 3. The van der Waals surface area contributed by atoms with Gasteiger partial charge in [-0.1, -0.05) is 6.07 Å². The van der Waals surface area contributed by atoms with Crippen molar-refractivity contribution in [3.05, 3.63) is 77.1 Å². The largest absolute Gasteiger partial charge is 0.493 e. The molecular formula is C27H29N3O5. The third-order valence-corrected chi connectivity index (χ3v) is 5.89. The van der Waals surface area contributed by atoms with Crippen molar-refractivity contribution in [3.63, 3.8) is 0 Å². The monoisotopic (exact) mass is 475 g/mol. The highest BCUT2D eigenvalue weighted by atomic mass is 16.5. The lowest BCUT2D eigenvalue weighted by molar-refractivity contribution is 0.0930. The summed E-state index contributed by atoms with van der Waals surface area (Å²) in [5.74, 6) is 1.93. The molecule has 2 aromatic carbocycles. The van der Waals surface area contributed by atoms with E-state index in [1.807, 2.05) is 19.1 Å². The van der Waals surface area contributed by atoms with E-state index < -0.39 is 0 Å². The first-order chi connectivity index (χ1) is 17.0. The van der Waals surface area contributed by atoms with Crippen LogP contribution in [0.3, 0.4) is 0 Å². The second kappa shape index (κ2) is 10.9. The first-order valence-electron chi connectivity index (χ1n) is 11.6. The van der Waals surface area contributed by atoms with Crippen LogP contribution in [0.1, 0.15) is 45.3 Å². The summed E-state index contributed by atoms with van der Waals surface area (Å²) in [6.45, 7) is 2.37. The molecule has 4 rings (SSSR count). The maximum Gasteiger partial charge on any atom is 0.269 e. The van der Waals surface area contributed by atoms with Crippen molar-refractivity contribution in [1.82, 2.24) is 15.6 Å². The molecule has 2 amide bonds. The Balaban J connectivity index is 1.44. The lowest BCUT2D eigenvalue weighted by Crippen LogP contribution is -2.38. The lowest BCUT2D eigenvalue weighted by atomic mass is 9.88. The summed E-state index contributed by atoms with van der Waals surface area (Å²) < 4.78 is 16.9. The first kappa shape index (κ1) is 24.1. The Morgan fingerprint density at radius 1 is 1.00 bits per heavy atom. The Kier molecular flexibility index (Phi) is 7.50. The van der Waals surface area contributed by atoms with Crippen molar-refractivity contribution in [2.24, 2.45) is 0 Å². The van der Waals surface area contributed by atoms with Crippen molar-refractivity contribution in [1.29, 1.82) is 0 Å². The maximum absolute atomic E-state index is 12.9. The van der Waals surface area contributed by atoms with Crippen LogP contribution < -0.4 is 24.8 Å². The minimum atomic E-state index is -0.273. The van der Waals surface area contributed by atoms with Gasteiger partial charge in [-0.15, -0.1) is 0 Å². The highest BCUT2D eigenvalue weighted by molar-refractivity contribution is 5.95. The molecule has 8 nitrogen and oxygen atoms in total. The van der Waals surface area contributed by atoms with Crippen molar-refractivity contribution < 1.29 is 23.8 Å². The number of hydrogen-bond acceptors (Lipinski definition) is 6. The van der Waals surface area contributed by atoms with Crippen molar-refractivity contribution >= 4 is 11.8 Å². The molecule has 0 aliphatic heterocycles. The molecule has 0 saturated carbocycles. The van der Waals surface area contributed by atoms with Crippen LogP contribution in [-0.4, -0.2) is 43.6 Å². The summed E-state index contributed by atoms with van der Waals surface area (Å²) in [4.78, 5) is 28.8. The second-order valence-corrected chi connectivity index (χ2v) is 8.20. The fraction of sp³-hybridized carbons (Fsp3) is 0.296. The van der Waals surface area contributed by atoms with Gasteiger partial charge in [0, 0.05) is 30.9 Å².